The second kappa shape index (κ2) is 7.69. The minimum Gasteiger partial charge on any atom is -0.366 e. The number of hydrogen-bond acceptors (Lipinski definition) is 6. The number of primary amides is 1. The Balaban J connectivity index is 1.61. The maximum Gasteiger partial charge on any atom is 0.252 e. The van der Waals surface area contributed by atoms with E-state index in [0.717, 1.165) is 23.4 Å². The van der Waals surface area contributed by atoms with Gasteiger partial charge in [0.05, 0.1) is 17.0 Å². The van der Waals surface area contributed by atoms with E-state index < -0.39 is 5.91 Å². The van der Waals surface area contributed by atoms with Crippen LogP contribution in [0.25, 0.3) is 17.2 Å². The smallest absolute Gasteiger partial charge is 0.252 e. The molecule has 1 aliphatic rings. The first-order chi connectivity index (χ1) is 15.4. The molecule has 0 spiro atoms. The Morgan fingerprint density at radius 1 is 1.19 bits per heavy atom. The molecule has 3 aromatic heterocycles. The number of carbonyl (C=O) groups excluding carboxylic acids is 1. The monoisotopic (exact) mass is 431 g/mol. The summed E-state index contributed by atoms with van der Waals surface area (Å²) in [4.78, 5) is 28.2. The summed E-state index contributed by atoms with van der Waals surface area (Å²) in [6.45, 7) is 3.71. The summed E-state index contributed by atoms with van der Waals surface area (Å²) in [5, 5.41) is 3.36. The van der Waals surface area contributed by atoms with E-state index in [1.807, 2.05) is 26.2 Å². The quantitative estimate of drug-likeness (QED) is 0.504. The van der Waals surface area contributed by atoms with Crippen LogP contribution in [0.4, 0.5) is 10.2 Å². The number of anilines is 1. The van der Waals surface area contributed by atoms with Gasteiger partial charge >= 0.3 is 0 Å². The van der Waals surface area contributed by atoms with Crippen LogP contribution in [0.3, 0.4) is 0 Å². The number of nitrogens with one attached hydrogen (secondary N) is 1. The number of carbonyl (C=O) groups is 1. The SMILES string of the molecule is Cc1nc2c(C(N)=O)cccn2c1-c1nc2c(c(NCc3cccc(F)c3)n1)CN(C)C2. The lowest BCUT2D eigenvalue weighted by Gasteiger charge is -2.13. The highest BCUT2D eigenvalue weighted by Gasteiger charge is 2.25. The predicted octanol–water partition coefficient (Wildman–Crippen LogP) is 2.90. The molecule has 0 radical (unpaired) electrons. The molecule has 0 saturated carbocycles. The number of imidazole rings is 1. The van der Waals surface area contributed by atoms with Gasteiger partial charge in [0.2, 0.25) is 0 Å². The van der Waals surface area contributed by atoms with Gasteiger partial charge in [0, 0.05) is 31.4 Å². The van der Waals surface area contributed by atoms with Crippen molar-refractivity contribution >= 4 is 17.4 Å². The second-order valence-electron chi connectivity index (χ2n) is 8.00. The molecule has 0 saturated heterocycles. The summed E-state index contributed by atoms with van der Waals surface area (Å²) in [7, 11) is 2.02. The molecule has 9 heteroatoms. The molecule has 5 rings (SSSR count). The standard InChI is InChI=1S/C23H22FN7O/c1-13-19(31-8-4-7-16(20(25)32)23(31)27-13)22-28-18-12-30(2)11-17(18)21(29-22)26-10-14-5-3-6-15(24)9-14/h3-9H,10-12H2,1-2H3,(H2,25,32)(H,26,28,29). The van der Waals surface area contributed by atoms with Crippen LogP contribution in [0.2, 0.25) is 0 Å². The topological polar surface area (TPSA) is 101 Å². The summed E-state index contributed by atoms with van der Waals surface area (Å²) in [5.41, 5.74) is 10.5. The molecule has 4 heterocycles. The molecular formula is C23H22FN7O. The van der Waals surface area contributed by atoms with Crippen molar-refractivity contribution in [2.24, 2.45) is 5.73 Å². The highest BCUT2D eigenvalue weighted by atomic mass is 19.1. The van der Waals surface area contributed by atoms with Crippen LogP contribution in [-0.2, 0) is 19.6 Å². The molecule has 8 nitrogen and oxygen atoms in total. The van der Waals surface area contributed by atoms with Gasteiger partial charge in [-0.05, 0) is 43.8 Å². The summed E-state index contributed by atoms with van der Waals surface area (Å²) in [6, 6.07) is 9.88. The molecule has 1 aromatic carbocycles. The lowest BCUT2D eigenvalue weighted by molar-refractivity contribution is 0.100. The second-order valence-corrected chi connectivity index (χ2v) is 8.00. The number of nitrogens with zero attached hydrogens (tertiary/aromatic N) is 5. The van der Waals surface area contributed by atoms with Gasteiger partial charge in [0.25, 0.3) is 5.91 Å². The third kappa shape index (κ3) is 3.46. The number of amides is 1. The van der Waals surface area contributed by atoms with Crippen molar-refractivity contribution in [3.8, 4) is 11.5 Å². The third-order valence-electron chi connectivity index (χ3n) is 5.59. The molecule has 0 atom stereocenters. The molecule has 0 unspecified atom stereocenters. The highest BCUT2D eigenvalue weighted by molar-refractivity contribution is 5.99. The maximum atomic E-state index is 13.6. The molecule has 3 N–H and O–H groups in total. The zero-order chi connectivity index (χ0) is 22.4. The van der Waals surface area contributed by atoms with E-state index in [1.54, 1.807) is 22.6 Å². The number of aryl methyl sites for hydroxylation is 1. The summed E-state index contributed by atoms with van der Waals surface area (Å²) in [5.74, 6) is 0.400. The number of benzene rings is 1. The largest absolute Gasteiger partial charge is 0.366 e. The van der Waals surface area contributed by atoms with Crippen molar-refractivity contribution in [1.29, 1.82) is 0 Å². The van der Waals surface area contributed by atoms with Gasteiger partial charge in [-0.1, -0.05) is 12.1 Å². The fourth-order valence-corrected chi connectivity index (χ4v) is 4.14. The Morgan fingerprint density at radius 2 is 2.03 bits per heavy atom. The lowest BCUT2D eigenvalue weighted by atomic mass is 10.2. The molecule has 162 valence electrons. The Kier molecular flexibility index (Phi) is 4.82. The molecular weight excluding hydrogens is 409 g/mol. The number of aromatic nitrogens is 4. The van der Waals surface area contributed by atoms with E-state index in [2.05, 4.69) is 15.2 Å². The van der Waals surface area contributed by atoms with E-state index in [0.29, 0.717) is 47.3 Å². The number of hydrogen-bond donors (Lipinski definition) is 2. The maximum absolute atomic E-state index is 13.6. The number of rotatable bonds is 5. The Labute approximate surface area is 183 Å². The normalized spacial score (nSPS) is 13.5. The van der Waals surface area contributed by atoms with Crippen molar-refractivity contribution in [3.05, 3.63) is 76.5 Å². The summed E-state index contributed by atoms with van der Waals surface area (Å²) >= 11 is 0. The summed E-state index contributed by atoms with van der Waals surface area (Å²) in [6.07, 6.45) is 1.82. The summed E-state index contributed by atoms with van der Waals surface area (Å²) < 4.78 is 15.4. The highest BCUT2D eigenvalue weighted by Crippen LogP contribution is 2.31. The molecule has 1 amide bonds. The van der Waals surface area contributed by atoms with Gasteiger partial charge in [0.1, 0.15) is 23.0 Å². The predicted molar refractivity (Wildman–Crippen MR) is 118 cm³/mol. The van der Waals surface area contributed by atoms with Crippen molar-refractivity contribution in [2.75, 3.05) is 12.4 Å². The number of nitrogens with two attached hydrogens (primary N) is 1. The van der Waals surface area contributed by atoms with Gasteiger partial charge in [-0.3, -0.25) is 14.1 Å². The minimum atomic E-state index is -0.541. The number of pyridine rings is 1. The van der Waals surface area contributed by atoms with Crippen LogP contribution in [0.5, 0.6) is 0 Å². The van der Waals surface area contributed by atoms with Gasteiger partial charge in [-0.25, -0.2) is 19.3 Å². The van der Waals surface area contributed by atoms with Crippen LogP contribution in [0.1, 0.15) is 32.9 Å². The number of fused-ring (bicyclic) bond motifs is 2. The fourth-order valence-electron chi connectivity index (χ4n) is 4.14. The van der Waals surface area contributed by atoms with Crippen LogP contribution in [0.15, 0.2) is 42.6 Å². The van der Waals surface area contributed by atoms with Crippen LogP contribution < -0.4 is 11.1 Å². The van der Waals surface area contributed by atoms with Gasteiger partial charge < -0.3 is 11.1 Å². The van der Waals surface area contributed by atoms with Crippen LogP contribution in [0, 0.1) is 12.7 Å². The van der Waals surface area contributed by atoms with Crippen molar-refractivity contribution in [3.63, 3.8) is 0 Å². The van der Waals surface area contributed by atoms with Gasteiger partial charge in [-0.2, -0.15) is 0 Å². The Morgan fingerprint density at radius 3 is 2.81 bits per heavy atom. The zero-order valence-electron chi connectivity index (χ0n) is 17.8. The van der Waals surface area contributed by atoms with Crippen LogP contribution in [-0.4, -0.2) is 37.2 Å². The average Bonchev–Trinajstić information content (AvgIpc) is 3.29. The average molecular weight is 431 g/mol. The third-order valence-corrected chi connectivity index (χ3v) is 5.59. The van der Waals surface area contributed by atoms with E-state index in [-0.39, 0.29) is 5.82 Å². The van der Waals surface area contributed by atoms with Gasteiger partial charge in [0.15, 0.2) is 5.82 Å². The Hall–Kier alpha value is -3.85. The number of halogens is 1. The molecule has 0 fully saturated rings. The van der Waals surface area contributed by atoms with E-state index in [9.17, 15) is 9.18 Å². The van der Waals surface area contributed by atoms with E-state index >= 15 is 0 Å². The van der Waals surface area contributed by atoms with Crippen molar-refractivity contribution < 1.29 is 9.18 Å². The zero-order valence-corrected chi connectivity index (χ0v) is 17.8. The lowest BCUT2D eigenvalue weighted by Crippen LogP contribution is -2.12. The van der Waals surface area contributed by atoms with Crippen LogP contribution >= 0.6 is 0 Å². The molecule has 0 bridgehead atoms. The van der Waals surface area contributed by atoms with E-state index in [4.69, 9.17) is 15.7 Å². The van der Waals surface area contributed by atoms with Crippen molar-refractivity contribution in [1.82, 2.24) is 24.3 Å². The first kappa shape index (κ1) is 20.1. The van der Waals surface area contributed by atoms with E-state index in [1.165, 1.54) is 12.1 Å². The molecule has 1 aliphatic heterocycles. The Bertz CT molecular complexity index is 1360. The van der Waals surface area contributed by atoms with Gasteiger partial charge in [-0.15, -0.1) is 0 Å². The molecule has 0 aliphatic carbocycles. The first-order valence-electron chi connectivity index (χ1n) is 10.2. The minimum absolute atomic E-state index is 0.274. The first-order valence-corrected chi connectivity index (χ1v) is 10.2. The molecule has 4 aromatic rings. The molecule has 32 heavy (non-hydrogen) atoms. The van der Waals surface area contributed by atoms with Crippen molar-refractivity contribution in [2.45, 2.75) is 26.6 Å². The fraction of sp³-hybridized carbons (Fsp3) is 0.217.